The second-order valence-electron chi connectivity index (χ2n) is 6.99. The van der Waals surface area contributed by atoms with E-state index in [-0.39, 0.29) is 11.7 Å². The van der Waals surface area contributed by atoms with Gasteiger partial charge in [-0.05, 0) is 48.2 Å². The van der Waals surface area contributed by atoms with Crippen molar-refractivity contribution in [2.75, 3.05) is 16.2 Å². The molecule has 0 radical (unpaired) electrons. The van der Waals surface area contributed by atoms with Crippen LogP contribution in [0, 0.1) is 0 Å². The van der Waals surface area contributed by atoms with Gasteiger partial charge < -0.3 is 4.90 Å². The summed E-state index contributed by atoms with van der Waals surface area (Å²) < 4.78 is 27.8. The summed E-state index contributed by atoms with van der Waals surface area (Å²) in [5.74, 6) is -0.244. The molecule has 0 fully saturated rings. The minimum atomic E-state index is -3.57. The van der Waals surface area contributed by atoms with E-state index in [2.05, 4.69) is 9.71 Å². The van der Waals surface area contributed by atoms with Gasteiger partial charge in [0.05, 0.1) is 17.0 Å². The molecular formula is C22H21N3O3S. The van der Waals surface area contributed by atoms with E-state index in [1.54, 1.807) is 53.7 Å². The Morgan fingerprint density at radius 2 is 1.90 bits per heavy atom. The first-order valence-corrected chi connectivity index (χ1v) is 11.1. The molecular weight excluding hydrogens is 386 g/mol. The fraction of sp³-hybridized carbons (Fsp3) is 0.182. The van der Waals surface area contributed by atoms with Crippen LogP contribution in [0.2, 0.25) is 0 Å². The van der Waals surface area contributed by atoms with Gasteiger partial charge in [-0.25, -0.2) is 8.42 Å². The molecule has 3 aromatic rings. The molecule has 4 rings (SSSR count). The predicted molar refractivity (Wildman–Crippen MR) is 113 cm³/mol. The molecule has 2 heterocycles. The number of aromatic nitrogens is 1. The van der Waals surface area contributed by atoms with E-state index >= 15 is 0 Å². The Labute approximate surface area is 170 Å². The van der Waals surface area contributed by atoms with Gasteiger partial charge in [-0.2, -0.15) is 0 Å². The first-order chi connectivity index (χ1) is 14.0. The topological polar surface area (TPSA) is 79.4 Å². The zero-order valence-electron chi connectivity index (χ0n) is 15.8. The highest BCUT2D eigenvalue weighted by molar-refractivity contribution is 7.91. The molecule has 0 saturated carbocycles. The van der Waals surface area contributed by atoms with Gasteiger partial charge in [-0.3, -0.25) is 14.5 Å². The average molecular weight is 407 g/mol. The van der Waals surface area contributed by atoms with Crippen molar-refractivity contribution >= 4 is 27.3 Å². The number of fused-ring (bicyclic) bond motifs is 1. The third-order valence-electron chi connectivity index (χ3n) is 4.83. The van der Waals surface area contributed by atoms with Crippen molar-refractivity contribution in [1.82, 2.24) is 4.98 Å². The van der Waals surface area contributed by atoms with Crippen LogP contribution in [0.3, 0.4) is 0 Å². The lowest BCUT2D eigenvalue weighted by molar-refractivity contribution is 0.0985. The van der Waals surface area contributed by atoms with E-state index in [1.807, 2.05) is 24.3 Å². The molecule has 0 bridgehead atoms. The van der Waals surface area contributed by atoms with E-state index < -0.39 is 10.0 Å². The number of benzene rings is 2. The summed E-state index contributed by atoms with van der Waals surface area (Å²) in [6, 6.07) is 17.9. The highest BCUT2D eigenvalue weighted by Gasteiger charge is 2.24. The van der Waals surface area contributed by atoms with Crippen LogP contribution in [0.15, 0.2) is 73.1 Å². The smallest absolute Gasteiger partial charge is 0.259 e. The summed E-state index contributed by atoms with van der Waals surface area (Å²) in [6.45, 7) is 0.584. The van der Waals surface area contributed by atoms with Gasteiger partial charge in [0.15, 0.2) is 0 Å². The zero-order valence-corrected chi connectivity index (χ0v) is 16.6. The van der Waals surface area contributed by atoms with E-state index in [1.165, 1.54) is 0 Å². The van der Waals surface area contributed by atoms with Gasteiger partial charge in [0.1, 0.15) is 0 Å². The maximum Gasteiger partial charge on any atom is 0.259 e. The quantitative estimate of drug-likeness (QED) is 0.701. The first kappa shape index (κ1) is 19.1. The molecule has 7 heteroatoms. The second-order valence-corrected chi connectivity index (χ2v) is 8.71. The number of aryl methyl sites for hydroxylation is 1. The summed E-state index contributed by atoms with van der Waals surface area (Å²) in [7, 11) is -3.57. The number of rotatable bonds is 5. The van der Waals surface area contributed by atoms with Crippen molar-refractivity contribution in [1.29, 1.82) is 0 Å². The highest BCUT2D eigenvalue weighted by atomic mass is 32.2. The molecule has 0 unspecified atom stereocenters. The maximum atomic E-state index is 12.9. The number of carbonyl (C=O) groups is 1. The lowest BCUT2D eigenvalue weighted by Gasteiger charge is -2.30. The molecule has 0 atom stereocenters. The number of nitrogens with one attached hydrogen (secondary N) is 1. The molecule has 1 aliphatic heterocycles. The van der Waals surface area contributed by atoms with Crippen molar-refractivity contribution in [2.45, 2.75) is 18.6 Å². The molecule has 0 aliphatic carbocycles. The SMILES string of the molecule is O=C(c1cccnc1)N1CCCc2ccc(NS(=O)(=O)Cc3ccccc3)cc21. The summed E-state index contributed by atoms with van der Waals surface area (Å²) >= 11 is 0. The summed E-state index contributed by atoms with van der Waals surface area (Å²) in [4.78, 5) is 18.7. The van der Waals surface area contributed by atoms with E-state index in [9.17, 15) is 13.2 Å². The van der Waals surface area contributed by atoms with Crippen LogP contribution in [-0.2, 0) is 22.2 Å². The number of pyridine rings is 1. The Kier molecular flexibility index (Phi) is 5.31. The van der Waals surface area contributed by atoms with Crippen molar-refractivity contribution in [3.8, 4) is 0 Å². The average Bonchev–Trinajstić information content (AvgIpc) is 2.73. The third-order valence-corrected chi connectivity index (χ3v) is 6.09. The first-order valence-electron chi connectivity index (χ1n) is 9.41. The molecule has 1 aromatic heterocycles. The van der Waals surface area contributed by atoms with Crippen molar-refractivity contribution in [3.05, 3.63) is 89.7 Å². The summed E-state index contributed by atoms with van der Waals surface area (Å²) in [6.07, 6.45) is 4.88. The van der Waals surface area contributed by atoms with Crippen molar-refractivity contribution in [3.63, 3.8) is 0 Å². The predicted octanol–water partition coefficient (Wildman–Crippen LogP) is 3.62. The number of nitrogens with zero attached hydrogens (tertiary/aromatic N) is 2. The number of sulfonamides is 1. The minimum absolute atomic E-state index is 0.108. The lowest BCUT2D eigenvalue weighted by atomic mass is 10.0. The van der Waals surface area contributed by atoms with Crippen molar-refractivity contribution < 1.29 is 13.2 Å². The van der Waals surface area contributed by atoms with E-state index in [4.69, 9.17) is 0 Å². The molecule has 0 saturated heterocycles. The van der Waals surface area contributed by atoms with Gasteiger partial charge in [-0.1, -0.05) is 36.4 Å². The zero-order chi connectivity index (χ0) is 20.3. The highest BCUT2D eigenvalue weighted by Crippen LogP contribution is 2.31. The van der Waals surface area contributed by atoms with Crippen LogP contribution in [0.25, 0.3) is 0 Å². The Balaban J connectivity index is 1.59. The van der Waals surface area contributed by atoms with Crippen molar-refractivity contribution in [2.24, 2.45) is 0 Å². The van der Waals surface area contributed by atoms with E-state index in [0.717, 1.165) is 24.1 Å². The number of anilines is 2. The monoisotopic (exact) mass is 407 g/mol. The number of hydrogen-bond donors (Lipinski definition) is 1. The Bertz CT molecular complexity index is 1120. The van der Waals surface area contributed by atoms with E-state index in [0.29, 0.717) is 23.4 Å². The molecule has 1 amide bonds. The molecule has 2 aromatic carbocycles. The molecule has 0 spiro atoms. The fourth-order valence-corrected chi connectivity index (χ4v) is 4.69. The van der Waals surface area contributed by atoms with Gasteiger partial charge >= 0.3 is 0 Å². The fourth-order valence-electron chi connectivity index (χ4n) is 3.50. The molecule has 1 aliphatic rings. The Hall–Kier alpha value is -3.19. The normalized spacial score (nSPS) is 13.6. The number of amides is 1. The Morgan fingerprint density at radius 1 is 1.07 bits per heavy atom. The van der Waals surface area contributed by atoms with Gasteiger partial charge in [0.25, 0.3) is 5.91 Å². The molecule has 6 nitrogen and oxygen atoms in total. The molecule has 1 N–H and O–H groups in total. The number of hydrogen-bond acceptors (Lipinski definition) is 4. The van der Waals surface area contributed by atoms with Crippen LogP contribution >= 0.6 is 0 Å². The molecule has 148 valence electrons. The van der Waals surface area contributed by atoms with Crippen LogP contribution < -0.4 is 9.62 Å². The standard InChI is InChI=1S/C22H21N3O3S/c26-22(19-8-4-12-23-15-19)25-13-5-9-18-10-11-20(14-21(18)25)24-29(27,28)16-17-6-2-1-3-7-17/h1-4,6-8,10-12,14-15,24H,5,9,13,16H2. The van der Waals surface area contributed by atoms with Gasteiger partial charge in [0.2, 0.25) is 10.0 Å². The third kappa shape index (κ3) is 4.46. The Morgan fingerprint density at radius 3 is 2.66 bits per heavy atom. The summed E-state index contributed by atoms with van der Waals surface area (Å²) in [5.41, 5.74) is 3.44. The van der Waals surface area contributed by atoms with Crippen LogP contribution in [0.5, 0.6) is 0 Å². The second kappa shape index (κ2) is 8.05. The largest absolute Gasteiger partial charge is 0.308 e. The maximum absolute atomic E-state index is 12.9. The molecule has 29 heavy (non-hydrogen) atoms. The minimum Gasteiger partial charge on any atom is -0.308 e. The van der Waals surface area contributed by atoms with Gasteiger partial charge in [0, 0.05) is 24.6 Å². The van der Waals surface area contributed by atoms with Crippen LogP contribution in [0.1, 0.15) is 27.9 Å². The van der Waals surface area contributed by atoms with Gasteiger partial charge in [-0.15, -0.1) is 0 Å². The van der Waals surface area contributed by atoms with Crippen LogP contribution in [-0.4, -0.2) is 25.9 Å². The lowest BCUT2D eigenvalue weighted by Crippen LogP contribution is -2.35. The van der Waals surface area contributed by atoms with Crippen LogP contribution in [0.4, 0.5) is 11.4 Å². The summed E-state index contributed by atoms with van der Waals surface area (Å²) in [5, 5.41) is 0. The number of carbonyl (C=O) groups excluding carboxylic acids is 1.